The van der Waals surface area contributed by atoms with E-state index in [1.165, 1.54) is 5.56 Å². The summed E-state index contributed by atoms with van der Waals surface area (Å²) < 4.78 is 0. The van der Waals surface area contributed by atoms with Gasteiger partial charge in [-0.3, -0.25) is 4.79 Å². The Kier molecular flexibility index (Phi) is 5.22. The molecule has 0 saturated heterocycles. The second-order valence-electron chi connectivity index (χ2n) is 4.79. The van der Waals surface area contributed by atoms with Crippen molar-refractivity contribution in [3.63, 3.8) is 0 Å². The molecule has 0 aliphatic heterocycles. The van der Waals surface area contributed by atoms with E-state index in [2.05, 4.69) is 31.2 Å². The van der Waals surface area contributed by atoms with Crippen molar-refractivity contribution in [2.45, 2.75) is 25.7 Å². The van der Waals surface area contributed by atoms with Crippen molar-refractivity contribution in [1.29, 1.82) is 0 Å². The van der Waals surface area contributed by atoms with Crippen LogP contribution in [0.2, 0.25) is 5.02 Å². The van der Waals surface area contributed by atoms with E-state index in [4.69, 9.17) is 23.2 Å². The van der Waals surface area contributed by atoms with Crippen LogP contribution < -0.4 is 0 Å². The molecule has 3 heteroatoms. The molecule has 2 aromatic rings. The van der Waals surface area contributed by atoms with Crippen molar-refractivity contribution in [1.82, 2.24) is 0 Å². The number of rotatable bonds is 5. The number of carbonyl (C=O) groups excluding carboxylic acids is 1. The number of carbonyl (C=O) groups is 1. The number of benzene rings is 2. The summed E-state index contributed by atoms with van der Waals surface area (Å²) in [6.07, 6.45) is 1.60. The molecule has 1 unspecified atom stereocenters. The lowest BCUT2D eigenvalue weighted by Gasteiger charge is -2.14. The van der Waals surface area contributed by atoms with E-state index >= 15 is 0 Å². The smallest absolute Gasteiger partial charge is 0.229 e. The standard InChI is InChI=1S/C17H16Cl2O/c1-2-12-6-8-13(9-7-12)10-16(17(19)20)14-4-3-5-15(18)11-14/h3-9,11,16H,2,10H2,1H3. The maximum absolute atomic E-state index is 11.7. The van der Waals surface area contributed by atoms with Gasteiger partial charge >= 0.3 is 0 Å². The number of hydrogen-bond acceptors (Lipinski definition) is 1. The first-order chi connectivity index (χ1) is 9.60. The lowest BCUT2D eigenvalue weighted by atomic mass is 9.92. The van der Waals surface area contributed by atoms with E-state index in [-0.39, 0.29) is 11.2 Å². The maximum atomic E-state index is 11.7. The monoisotopic (exact) mass is 306 g/mol. The molecule has 0 spiro atoms. The highest BCUT2D eigenvalue weighted by molar-refractivity contribution is 6.64. The van der Waals surface area contributed by atoms with Crippen molar-refractivity contribution >= 4 is 28.4 Å². The largest absolute Gasteiger partial charge is 0.281 e. The topological polar surface area (TPSA) is 17.1 Å². The average Bonchev–Trinajstić information content (AvgIpc) is 2.45. The highest BCUT2D eigenvalue weighted by Crippen LogP contribution is 2.26. The van der Waals surface area contributed by atoms with E-state index < -0.39 is 0 Å². The summed E-state index contributed by atoms with van der Waals surface area (Å²) in [5, 5.41) is 0.263. The van der Waals surface area contributed by atoms with E-state index in [1.54, 1.807) is 12.1 Å². The van der Waals surface area contributed by atoms with Crippen LogP contribution in [0.25, 0.3) is 0 Å². The average molecular weight is 307 g/mol. The van der Waals surface area contributed by atoms with Gasteiger partial charge in [0.1, 0.15) is 0 Å². The fourth-order valence-electron chi connectivity index (χ4n) is 2.20. The molecule has 20 heavy (non-hydrogen) atoms. The zero-order valence-electron chi connectivity index (χ0n) is 11.3. The van der Waals surface area contributed by atoms with Crippen LogP contribution in [0.15, 0.2) is 48.5 Å². The molecular formula is C17H16Cl2O. The fourth-order valence-corrected chi connectivity index (χ4v) is 2.60. The van der Waals surface area contributed by atoms with Gasteiger partial charge in [-0.2, -0.15) is 0 Å². The number of aryl methyl sites for hydroxylation is 1. The summed E-state index contributed by atoms with van der Waals surface area (Å²) in [6.45, 7) is 2.12. The fraction of sp³-hybridized carbons (Fsp3) is 0.235. The van der Waals surface area contributed by atoms with Crippen LogP contribution in [0.3, 0.4) is 0 Å². The lowest BCUT2D eigenvalue weighted by molar-refractivity contribution is -0.113. The Balaban J connectivity index is 2.23. The summed E-state index contributed by atoms with van der Waals surface area (Å²) in [5.74, 6) is -0.358. The van der Waals surface area contributed by atoms with Crippen LogP contribution in [-0.4, -0.2) is 5.24 Å². The highest BCUT2D eigenvalue weighted by Gasteiger charge is 2.19. The summed E-state index contributed by atoms with van der Waals surface area (Å²) in [4.78, 5) is 11.7. The second-order valence-corrected chi connectivity index (χ2v) is 5.59. The molecule has 0 saturated carbocycles. The Morgan fingerprint density at radius 2 is 1.75 bits per heavy atom. The van der Waals surface area contributed by atoms with Gasteiger partial charge in [-0.25, -0.2) is 0 Å². The molecule has 0 N–H and O–H groups in total. The van der Waals surface area contributed by atoms with Gasteiger partial charge in [0.05, 0.1) is 5.92 Å². The zero-order valence-corrected chi connectivity index (χ0v) is 12.8. The zero-order chi connectivity index (χ0) is 14.5. The Bertz CT molecular complexity index is 590. The van der Waals surface area contributed by atoms with Crippen LogP contribution in [0.4, 0.5) is 0 Å². The van der Waals surface area contributed by atoms with E-state index in [0.717, 1.165) is 17.5 Å². The first-order valence-corrected chi connectivity index (χ1v) is 7.38. The molecule has 0 heterocycles. The molecular weight excluding hydrogens is 291 g/mol. The van der Waals surface area contributed by atoms with Gasteiger partial charge in [0.15, 0.2) is 0 Å². The van der Waals surface area contributed by atoms with Crippen LogP contribution >= 0.6 is 23.2 Å². The molecule has 0 radical (unpaired) electrons. The molecule has 2 rings (SSSR count). The third-order valence-electron chi connectivity index (χ3n) is 3.40. The van der Waals surface area contributed by atoms with Crippen LogP contribution in [0, 0.1) is 0 Å². The van der Waals surface area contributed by atoms with Crippen LogP contribution in [-0.2, 0) is 17.6 Å². The molecule has 0 aliphatic rings. The second kappa shape index (κ2) is 6.92. The SMILES string of the molecule is CCc1ccc(CC(C(=O)Cl)c2cccc(Cl)c2)cc1. The quantitative estimate of drug-likeness (QED) is 0.711. The van der Waals surface area contributed by atoms with Crippen LogP contribution in [0.5, 0.6) is 0 Å². The van der Waals surface area contributed by atoms with Gasteiger partial charge in [-0.05, 0) is 53.3 Å². The molecule has 1 nitrogen and oxygen atoms in total. The van der Waals surface area contributed by atoms with Gasteiger partial charge in [-0.15, -0.1) is 0 Å². The van der Waals surface area contributed by atoms with Gasteiger partial charge < -0.3 is 0 Å². The first kappa shape index (κ1) is 15.1. The van der Waals surface area contributed by atoms with E-state index in [9.17, 15) is 4.79 Å². The van der Waals surface area contributed by atoms with Crippen molar-refractivity contribution in [2.24, 2.45) is 0 Å². The normalized spacial score (nSPS) is 12.2. The van der Waals surface area contributed by atoms with Gasteiger partial charge in [0, 0.05) is 5.02 Å². The molecule has 2 aromatic carbocycles. The predicted octanol–water partition coefficient (Wildman–Crippen LogP) is 4.99. The highest BCUT2D eigenvalue weighted by atomic mass is 35.5. The molecule has 1 atom stereocenters. The van der Waals surface area contributed by atoms with Crippen molar-refractivity contribution < 1.29 is 4.79 Å². The minimum Gasteiger partial charge on any atom is -0.281 e. The molecule has 104 valence electrons. The minimum atomic E-state index is -0.358. The van der Waals surface area contributed by atoms with E-state index in [0.29, 0.717) is 11.4 Å². The Labute approximate surface area is 129 Å². The number of halogens is 2. The van der Waals surface area contributed by atoms with Gasteiger partial charge in [0.25, 0.3) is 0 Å². The molecule has 0 fully saturated rings. The minimum absolute atomic E-state index is 0.355. The maximum Gasteiger partial charge on any atom is 0.229 e. The lowest BCUT2D eigenvalue weighted by Crippen LogP contribution is -2.10. The van der Waals surface area contributed by atoms with Crippen LogP contribution in [0.1, 0.15) is 29.5 Å². The Morgan fingerprint density at radius 1 is 1.10 bits per heavy atom. The van der Waals surface area contributed by atoms with Crippen molar-refractivity contribution in [3.8, 4) is 0 Å². The summed E-state index contributed by atoms with van der Waals surface area (Å²) in [5.41, 5.74) is 3.24. The number of hydrogen-bond donors (Lipinski definition) is 0. The van der Waals surface area contributed by atoms with Crippen molar-refractivity contribution in [2.75, 3.05) is 0 Å². The predicted molar refractivity (Wildman–Crippen MR) is 84.6 cm³/mol. The molecule has 0 amide bonds. The summed E-state index contributed by atoms with van der Waals surface area (Å²) >= 11 is 11.7. The molecule has 0 bridgehead atoms. The third kappa shape index (κ3) is 3.84. The summed E-state index contributed by atoms with van der Waals surface area (Å²) in [6, 6.07) is 15.6. The first-order valence-electron chi connectivity index (χ1n) is 6.62. The van der Waals surface area contributed by atoms with Gasteiger partial charge in [0.2, 0.25) is 5.24 Å². The van der Waals surface area contributed by atoms with Crippen molar-refractivity contribution in [3.05, 3.63) is 70.2 Å². The summed E-state index contributed by atoms with van der Waals surface area (Å²) in [7, 11) is 0. The van der Waals surface area contributed by atoms with Gasteiger partial charge in [-0.1, -0.05) is 54.9 Å². The third-order valence-corrected chi connectivity index (χ3v) is 3.89. The van der Waals surface area contributed by atoms with E-state index in [1.807, 2.05) is 12.1 Å². The Hall–Kier alpha value is -1.31. The molecule has 0 aliphatic carbocycles. The Morgan fingerprint density at radius 3 is 2.30 bits per heavy atom. The molecule has 0 aromatic heterocycles.